The fourth-order valence-electron chi connectivity index (χ4n) is 2.49. The summed E-state index contributed by atoms with van der Waals surface area (Å²) in [5.41, 5.74) is 3.97. The molecule has 0 unspecified atom stereocenters. The van der Waals surface area contributed by atoms with E-state index >= 15 is 0 Å². The van der Waals surface area contributed by atoms with E-state index in [1.807, 2.05) is 0 Å². The van der Waals surface area contributed by atoms with Gasteiger partial charge >= 0.3 is 0 Å². The van der Waals surface area contributed by atoms with Crippen LogP contribution in [0.25, 0.3) is 0 Å². The predicted molar refractivity (Wildman–Crippen MR) is 77.1 cm³/mol. The molecule has 2 rings (SSSR count). The van der Waals surface area contributed by atoms with Crippen LogP contribution in [0.1, 0.15) is 43.1 Å². The van der Waals surface area contributed by atoms with Crippen molar-refractivity contribution in [2.45, 2.75) is 59.2 Å². The quantitative estimate of drug-likeness (QED) is 0.738. The van der Waals surface area contributed by atoms with Gasteiger partial charge in [-0.2, -0.15) is 0 Å². The van der Waals surface area contributed by atoms with Crippen molar-refractivity contribution in [3.05, 3.63) is 23.0 Å². The van der Waals surface area contributed by atoms with Crippen LogP contribution in [0.5, 0.6) is 0 Å². The van der Waals surface area contributed by atoms with Crippen molar-refractivity contribution in [3.8, 4) is 0 Å². The molecule has 106 valence electrons. The lowest BCUT2D eigenvalue weighted by Crippen LogP contribution is -2.29. The van der Waals surface area contributed by atoms with Gasteiger partial charge in [-0.1, -0.05) is 0 Å². The van der Waals surface area contributed by atoms with E-state index in [4.69, 9.17) is 0 Å². The van der Waals surface area contributed by atoms with E-state index in [9.17, 15) is 4.79 Å². The minimum atomic E-state index is 0.175. The molecule has 1 aromatic heterocycles. The van der Waals surface area contributed by atoms with E-state index < -0.39 is 0 Å². The molecule has 0 saturated heterocycles. The number of hydrogen-bond donors (Lipinski definition) is 2. The molecule has 4 nitrogen and oxygen atoms in total. The lowest BCUT2D eigenvalue weighted by molar-refractivity contribution is -0.121. The monoisotopic (exact) mass is 263 g/mol. The number of hydrogen-bond acceptors (Lipinski definition) is 2. The predicted octanol–water partition coefficient (Wildman–Crippen LogP) is 1.88. The van der Waals surface area contributed by atoms with E-state index in [0.29, 0.717) is 12.5 Å². The zero-order valence-corrected chi connectivity index (χ0v) is 12.3. The lowest BCUT2D eigenvalue weighted by Gasteiger charge is -2.07. The van der Waals surface area contributed by atoms with E-state index in [2.05, 4.69) is 42.0 Å². The number of nitrogens with one attached hydrogen (secondary N) is 2. The molecule has 2 N–H and O–H groups in total. The highest BCUT2D eigenvalue weighted by Gasteiger charge is 2.22. The molecule has 1 amide bonds. The topological polar surface area (TPSA) is 46.1 Å². The Balaban J connectivity index is 1.71. The van der Waals surface area contributed by atoms with E-state index in [1.165, 1.54) is 17.0 Å². The second-order valence-electron chi connectivity index (χ2n) is 5.41. The van der Waals surface area contributed by atoms with Crippen LogP contribution in [-0.2, 0) is 17.9 Å². The summed E-state index contributed by atoms with van der Waals surface area (Å²) in [7, 11) is 0. The molecule has 0 bridgehead atoms. The van der Waals surface area contributed by atoms with E-state index in [1.54, 1.807) is 0 Å². The zero-order valence-electron chi connectivity index (χ0n) is 12.3. The summed E-state index contributed by atoms with van der Waals surface area (Å²) in [5, 5.41) is 6.36. The van der Waals surface area contributed by atoms with Crippen LogP contribution in [0.3, 0.4) is 0 Å². The summed E-state index contributed by atoms with van der Waals surface area (Å²) in [4.78, 5) is 11.5. The minimum Gasteiger partial charge on any atom is -0.353 e. The molecule has 4 heteroatoms. The number of carbonyl (C=O) groups excluding carboxylic acids is 1. The highest BCUT2D eigenvalue weighted by atomic mass is 16.1. The fraction of sp³-hybridized carbons (Fsp3) is 0.667. The summed E-state index contributed by atoms with van der Waals surface area (Å²) in [5.74, 6) is 0.175. The molecule has 1 saturated carbocycles. The Kier molecular flexibility index (Phi) is 4.64. The molecule has 1 heterocycles. The average Bonchev–Trinajstić information content (AvgIpc) is 3.12. The van der Waals surface area contributed by atoms with Crippen molar-refractivity contribution in [2.24, 2.45) is 0 Å². The largest absolute Gasteiger partial charge is 0.353 e. The normalized spacial score (nSPS) is 14.7. The van der Waals surface area contributed by atoms with Gasteiger partial charge in [0, 0.05) is 43.5 Å². The fourth-order valence-corrected chi connectivity index (χ4v) is 2.49. The van der Waals surface area contributed by atoms with Gasteiger partial charge in [-0.05, 0) is 45.2 Å². The highest BCUT2D eigenvalue weighted by Crippen LogP contribution is 2.18. The second-order valence-corrected chi connectivity index (χ2v) is 5.41. The third kappa shape index (κ3) is 3.83. The van der Waals surface area contributed by atoms with Crippen LogP contribution < -0.4 is 10.6 Å². The van der Waals surface area contributed by atoms with Crippen molar-refractivity contribution in [3.63, 3.8) is 0 Å². The third-order valence-corrected chi connectivity index (χ3v) is 3.78. The maximum absolute atomic E-state index is 11.5. The Labute approximate surface area is 115 Å². The third-order valence-electron chi connectivity index (χ3n) is 3.78. The van der Waals surface area contributed by atoms with Crippen molar-refractivity contribution in [1.82, 2.24) is 15.2 Å². The Morgan fingerprint density at radius 3 is 2.74 bits per heavy atom. The lowest BCUT2D eigenvalue weighted by atomic mass is 10.2. The maximum atomic E-state index is 11.5. The second kappa shape index (κ2) is 6.24. The van der Waals surface area contributed by atoms with Crippen LogP contribution >= 0.6 is 0 Å². The SMILES string of the molecule is CCn1c(C)cc(CNCCC(=O)NC2CC2)c1C. The summed E-state index contributed by atoms with van der Waals surface area (Å²) in [6.07, 6.45) is 2.88. The van der Waals surface area contributed by atoms with Gasteiger partial charge in [-0.3, -0.25) is 4.79 Å². The summed E-state index contributed by atoms with van der Waals surface area (Å²) in [6.45, 7) is 9.07. The first-order chi connectivity index (χ1) is 9.11. The number of aryl methyl sites for hydroxylation is 1. The molecule has 0 atom stereocenters. The van der Waals surface area contributed by atoms with Crippen LogP contribution in [0, 0.1) is 13.8 Å². The number of amides is 1. The summed E-state index contributed by atoms with van der Waals surface area (Å²) < 4.78 is 2.32. The summed E-state index contributed by atoms with van der Waals surface area (Å²) >= 11 is 0. The van der Waals surface area contributed by atoms with E-state index in [0.717, 1.165) is 32.5 Å². The minimum absolute atomic E-state index is 0.175. The maximum Gasteiger partial charge on any atom is 0.221 e. The first-order valence-corrected chi connectivity index (χ1v) is 7.27. The Morgan fingerprint density at radius 2 is 2.16 bits per heavy atom. The van der Waals surface area contributed by atoms with Crippen LogP contribution in [0.4, 0.5) is 0 Å². The van der Waals surface area contributed by atoms with Crippen molar-refractivity contribution in [1.29, 1.82) is 0 Å². The van der Waals surface area contributed by atoms with Gasteiger partial charge in [0.1, 0.15) is 0 Å². The van der Waals surface area contributed by atoms with E-state index in [-0.39, 0.29) is 5.91 Å². The van der Waals surface area contributed by atoms with Crippen molar-refractivity contribution < 1.29 is 4.79 Å². The molecule has 0 spiro atoms. The molecule has 0 radical (unpaired) electrons. The van der Waals surface area contributed by atoms with Gasteiger partial charge in [-0.15, -0.1) is 0 Å². The smallest absolute Gasteiger partial charge is 0.221 e. The Bertz CT molecular complexity index is 446. The van der Waals surface area contributed by atoms with Crippen LogP contribution in [0.15, 0.2) is 6.07 Å². The van der Waals surface area contributed by atoms with Gasteiger partial charge in [0.15, 0.2) is 0 Å². The Morgan fingerprint density at radius 1 is 1.42 bits per heavy atom. The molecule has 1 fully saturated rings. The number of carbonyl (C=O) groups is 1. The first kappa shape index (κ1) is 14.1. The van der Waals surface area contributed by atoms with Gasteiger partial charge in [0.25, 0.3) is 0 Å². The molecular weight excluding hydrogens is 238 g/mol. The zero-order chi connectivity index (χ0) is 13.8. The summed E-state index contributed by atoms with van der Waals surface area (Å²) in [6, 6.07) is 2.70. The van der Waals surface area contributed by atoms with Gasteiger partial charge in [-0.25, -0.2) is 0 Å². The van der Waals surface area contributed by atoms with Gasteiger partial charge < -0.3 is 15.2 Å². The van der Waals surface area contributed by atoms with Gasteiger partial charge in [0.05, 0.1) is 0 Å². The number of rotatable bonds is 7. The number of nitrogens with zero attached hydrogens (tertiary/aromatic N) is 1. The molecule has 1 aromatic rings. The Hall–Kier alpha value is -1.29. The molecular formula is C15H25N3O. The average molecular weight is 263 g/mol. The van der Waals surface area contributed by atoms with Crippen molar-refractivity contribution in [2.75, 3.05) is 6.54 Å². The molecule has 0 aliphatic heterocycles. The standard InChI is InChI=1S/C15H25N3O/c1-4-18-11(2)9-13(12(18)3)10-16-8-7-15(19)17-14-5-6-14/h9,14,16H,4-8,10H2,1-3H3,(H,17,19). The van der Waals surface area contributed by atoms with Crippen LogP contribution in [0.2, 0.25) is 0 Å². The molecule has 1 aliphatic rings. The molecule has 1 aliphatic carbocycles. The highest BCUT2D eigenvalue weighted by molar-refractivity contribution is 5.76. The number of aromatic nitrogens is 1. The van der Waals surface area contributed by atoms with Gasteiger partial charge in [0.2, 0.25) is 5.91 Å². The molecule has 19 heavy (non-hydrogen) atoms. The first-order valence-electron chi connectivity index (χ1n) is 7.27. The van der Waals surface area contributed by atoms with Crippen LogP contribution in [-0.4, -0.2) is 23.1 Å². The van der Waals surface area contributed by atoms with Crippen molar-refractivity contribution >= 4 is 5.91 Å². The molecule has 0 aromatic carbocycles.